The molecule has 4 heterocycles. The number of rotatable bonds is 7. The Morgan fingerprint density at radius 3 is 2.63 bits per heavy atom. The SMILES string of the molecule is COc1cccc2c1C(=N)c1c(O)c3c(c(O)c1C2=O)C[C@@](O)(C(=O)CN1CCNCC1)C[C@@H]3O[C@H]1C[C@H]2[C@H](O[C@@H]3[C@@H](OC)OCCN32)[C@H](C)O1. The summed E-state index contributed by atoms with van der Waals surface area (Å²) in [6.45, 7) is 5.60. The number of benzene rings is 2. The molecule has 0 amide bonds. The minimum Gasteiger partial charge on any atom is -0.507 e. The van der Waals surface area contributed by atoms with E-state index in [1.807, 2.05) is 11.8 Å². The molecule has 0 saturated carbocycles. The van der Waals surface area contributed by atoms with Crippen LogP contribution in [0.5, 0.6) is 17.2 Å². The van der Waals surface area contributed by atoms with Crippen LogP contribution in [0, 0.1) is 5.41 Å². The molecular formula is C36H44N4O11. The third kappa shape index (κ3) is 5.57. The smallest absolute Gasteiger partial charge is 0.198 e. The Labute approximate surface area is 294 Å². The number of hydrogen-bond acceptors (Lipinski definition) is 15. The molecule has 15 heteroatoms. The average molecular weight is 709 g/mol. The molecule has 4 fully saturated rings. The van der Waals surface area contributed by atoms with Gasteiger partial charge in [0.1, 0.15) is 29.0 Å². The number of ketones is 2. The Bertz CT molecular complexity index is 1760. The third-order valence-electron chi connectivity index (χ3n) is 11.3. The van der Waals surface area contributed by atoms with Gasteiger partial charge in [0, 0.05) is 81.8 Å². The maximum Gasteiger partial charge on any atom is 0.198 e. The fourth-order valence-corrected chi connectivity index (χ4v) is 8.81. The third-order valence-corrected chi connectivity index (χ3v) is 11.3. The zero-order chi connectivity index (χ0) is 35.8. The van der Waals surface area contributed by atoms with E-state index in [1.165, 1.54) is 13.2 Å². The molecule has 0 spiro atoms. The number of Topliss-reactive ketones (excluding diaryl/α,β-unsaturated/α-hetero) is 1. The first kappa shape index (κ1) is 34.6. The number of hydrogen-bond donors (Lipinski definition) is 5. The molecule has 0 bridgehead atoms. The van der Waals surface area contributed by atoms with Crippen LogP contribution in [-0.2, 0) is 34.9 Å². The summed E-state index contributed by atoms with van der Waals surface area (Å²) < 4.78 is 36.1. The number of carbonyl (C=O) groups is 2. The highest BCUT2D eigenvalue weighted by molar-refractivity contribution is 6.32. The molecule has 6 aliphatic rings. The summed E-state index contributed by atoms with van der Waals surface area (Å²) in [5.74, 6) is -1.75. The molecule has 51 heavy (non-hydrogen) atoms. The second-order valence-electron chi connectivity index (χ2n) is 14.2. The van der Waals surface area contributed by atoms with Gasteiger partial charge in [0.2, 0.25) is 0 Å². The molecule has 0 radical (unpaired) electrons. The van der Waals surface area contributed by atoms with Gasteiger partial charge in [-0.2, -0.15) is 0 Å². The van der Waals surface area contributed by atoms with Crippen molar-refractivity contribution in [1.29, 1.82) is 5.41 Å². The molecule has 0 unspecified atom stereocenters. The zero-order valence-corrected chi connectivity index (χ0v) is 28.8. The monoisotopic (exact) mass is 708 g/mol. The molecule has 0 aromatic heterocycles. The fourth-order valence-electron chi connectivity index (χ4n) is 8.81. The lowest BCUT2D eigenvalue weighted by Crippen LogP contribution is -2.55. The van der Waals surface area contributed by atoms with E-state index in [1.54, 1.807) is 19.2 Å². The van der Waals surface area contributed by atoms with Crippen LogP contribution in [0.4, 0.5) is 0 Å². The van der Waals surface area contributed by atoms with Gasteiger partial charge in [-0.05, 0) is 13.0 Å². The van der Waals surface area contributed by atoms with Gasteiger partial charge in [-0.15, -0.1) is 0 Å². The van der Waals surface area contributed by atoms with Crippen LogP contribution in [0.3, 0.4) is 0 Å². The van der Waals surface area contributed by atoms with E-state index in [0.29, 0.717) is 45.8 Å². The first-order chi connectivity index (χ1) is 24.5. The van der Waals surface area contributed by atoms with Crippen LogP contribution in [0.15, 0.2) is 18.2 Å². The molecule has 2 aromatic carbocycles. The first-order valence-electron chi connectivity index (χ1n) is 17.5. The van der Waals surface area contributed by atoms with E-state index >= 15 is 0 Å². The van der Waals surface area contributed by atoms with Crippen LogP contribution < -0.4 is 10.1 Å². The number of nitrogens with zero attached hydrogens (tertiary/aromatic N) is 2. The molecule has 8 rings (SSSR count). The lowest BCUT2D eigenvalue weighted by molar-refractivity contribution is -0.256. The van der Waals surface area contributed by atoms with Gasteiger partial charge in [0.25, 0.3) is 0 Å². The van der Waals surface area contributed by atoms with Crippen molar-refractivity contribution in [3.63, 3.8) is 0 Å². The number of carbonyl (C=O) groups excluding carboxylic acids is 2. The molecule has 2 aromatic rings. The Hall–Kier alpha value is -3.51. The Balaban J connectivity index is 1.18. The topological polar surface area (TPSA) is 193 Å². The number of morpholine rings is 1. The number of aliphatic hydroxyl groups is 1. The van der Waals surface area contributed by atoms with Crippen molar-refractivity contribution < 1.29 is 53.3 Å². The number of piperazine rings is 1. The second kappa shape index (κ2) is 13.2. The Morgan fingerprint density at radius 2 is 1.88 bits per heavy atom. The van der Waals surface area contributed by atoms with E-state index in [-0.39, 0.29) is 76.4 Å². The fraction of sp³-hybridized carbons (Fsp3) is 0.583. The summed E-state index contributed by atoms with van der Waals surface area (Å²) in [4.78, 5) is 32.1. The van der Waals surface area contributed by atoms with E-state index in [2.05, 4.69) is 10.2 Å². The lowest BCUT2D eigenvalue weighted by Gasteiger charge is -2.43. The minimum atomic E-state index is -2.01. The maximum atomic E-state index is 14.0. The molecule has 8 atom stereocenters. The number of methoxy groups -OCH3 is 2. The van der Waals surface area contributed by atoms with Crippen molar-refractivity contribution in [2.75, 3.05) is 60.1 Å². The highest BCUT2D eigenvalue weighted by Crippen LogP contribution is 2.53. The number of phenols is 2. The van der Waals surface area contributed by atoms with Gasteiger partial charge in [-0.3, -0.25) is 24.8 Å². The molecule has 4 saturated heterocycles. The van der Waals surface area contributed by atoms with Crippen LogP contribution >= 0.6 is 0 Å². The number of fused-ring (bicyclic) bond motifs is 6. The Morgan fingerprint density at radius 1 is 1.10 bits per heavy atom. The van der Waals surface area contributed by atoms with E-state index in [4.69, 9.17) is 33.8 Å². The van der Waals surface area contributed by atoms with Gasteiger partial charge >= 0.3 is 0 Å². The largest absolute Gasteiger partial charge is 0.507 e. The molecule has 2 aliphatic carbocycles. The standard InChI is InChI=1S/C36H44N4O11/c1-17-33-20(40-11-12-48-35(47-3)34(40)51-33)13-24(49-17)50-22-15-36(45,23(41)16-39-9-7-38-8-10-39)14-19-26(22)32(44)27-28(31(19)43)30(42)18-5-4-6-21(46-2)25(18)29(27)37/h4-6,17,20,22,24,33-35,37-38,43-45H,7-16H2,1-3H3/t17-,20-,22-,24-,33+,34+,35-,36-/m0/s1. The number of nitrogens with one attached hydrogen (secondary N) is 2. The van der Waals surface area contributed by atoms with Gasteiger partial charge in [-0.25, -0.2) is 0 Å². The van der Waals surface area contributed by atoms with Crippen LogP contribution in [0.1, 0.15) is 64.0 Å². The van der Waals surface area contributed by atoms with Crippen molar-refractivity contribution in [1.82, 2.24) is 15.1 Å². The second-order valence-corrected chi connectivity index (χ2v) is 14.2. The van der Waals surface area contributed by atoms with Gasteiger partial charge in [-0.1, -0.05) is 12.1 Å². The van der Waals surface area contributed by atoms with Crippen molar-refractivity contribution >= 4 is 17.3 Å². The first-order valence-corrected chi connectivity index (χ1v) is 17.5. The van der Waals surface area contributed by atoms with Gasteiger partial charge in [0.15, 0.2) is 30.4 Å². The predicted molar refractivity (Wildman–Crippen MR) is 178 cm³/mol. The maximum absolute atomic E-state index is 14.0. The summed E-state index contributed by atoms with van der Waals surface area (Å²) >= 11 is 0. The highest BCUT2D eigenvalue weighted by atomic mass is 16.7. The normalized spacial score (nSPS) is 33.5. The quantitative estimate of drug-likeness (QED) is 0.217. The van der Waals surface area contributed by atoms with Crippen molar-refractivity contribution in [2.24, 2.45) is 0 Å². The van der Waals surface area contributed by atoms with E-state index in [9.17, 15) is 24.9 Å². The van der Waals surface area contributed by atoms with Gasteiger partial charge in [0.05, 0.1) is 54.9 Å². The highest BCUT2D eigenvalue weighted by Gasteiger charge is 2.55. The molecule has 5 N–H and O–H groups in total. The zero-order valence-electron chi connectivity index (χ0n) is 28.8. The molecule has 274 valence electrons. The average Bonchev–Trinajstić information content (AvgIpc) is 3.51. The number of ether oxygens (including phenoxy) is 6. The van der Waals surface area contributed by atoms with Crippen LogP contribution in [-0.4, -0.2) is 145 Å². The predicted octanol–water partition coefficient (Wildman–Crippen LogP) is 0.809. The summed E-state index contributed by atoms with van der Waals surface area (Å²) in [7, 11) is 2.99. The molecule has 15 nitrogen and oxygen atoms in total. The van der Waals surface area contributed by atoms with Gasteiger partial charge < -0.3 is 49.1 Å². The molecular weight excluding hydrogens is 664 g/mol. The minimum absolute atomic E-state index is 0.0215. The molecule has 4 aliphatic heterocycles. The summed E-state index contributed by atoms with van der Waals surface area (Å²) in [5.41, 5.74) is -2.20. The van der Waals surface area contributed by atoms with Crippen molar-refractivity contribution in [2.45, 2.75) is 74.9 Å². The van der Waals surface area contributed by atoms with Crippen LogP contribution in [0.25, 0.3) is 0 Å². The number of aromatic hydroxyl groups is 2. The van der Waals surface area contributed by atoms with E-state index < -0.39 is 59.7 Å². The number of phenolic OH excluding ortho intramolecular Hbond substituents is 2. The van der Waals surface area contributed by atoms with Crippen LogP contribution in [0.2, 0.25) is 0 Å². The Kier molecular flexibility index (Phi) is 8.92. The summed E-state index contributed by atoms with van der Waals surface area (Å²) in [5, 5.41) is 48.6. The van der Waals surface area contributed by atoms with E-state index in [0.717, 1.165) is 0 Å². The van der Waals surface area contributed by atoms with Crippen molar-refractivity contribution in [3.8, 4) is 17.2 Å². The summed E-state index contributed by atoms with van der Waals surface area (Å²) in [6.07, 6.45) is -3.99. The lowest BCUT2D eigenvalue weighted by atomic mass is 9.71. The van der Waals surface area contributed by atoms with Crippen molar-refractivity contribution in [3.05, 3.63) is 51.6 Å². The summed E-state index contributed by atoms with van der Waals surface area (Å²) in [6, 6.07) is 4.64.